The van der Waals surface area contributed by atoms with Crippen molar-refractivity contribution in [1.29, 1.82) is 0 Å². The lowest BCUT2D eigenvalue weighted by atomic mass is 10.00. The molecule has 0 saturated carbocycles. The summed E-state index contributed by atoms with van der Waals surface area (Å²) in [5.74, 6) is -0.122. The van der Waals surface area contributed by atoms with E-state index >= 15 is 0 Å². The van der Waals surface area contributed by atoms with Gasteiger partial charge in [0.15, 0.2) is 0 Å². The summed E-state index contributed by atoms with van der Waals surface area (Å²) < 4.78 is 108. The first-order chi connectivity index (χ1) is 21.6. The van der Waals surface area contributed by atoms with E-state index in [-0.39, 0.29) is 42.5 Å². The van der Waals surface area contributed by atoms with Crippen LogP contribution in [0.15, 0.2) is 66.7 Å². The normalized spacial score (nSPS) is 17.0. The molecule has 2 atom stereocenters. The summed E-state index contributed by atoms with van der Waals surface area (Å²) in [7, 11) is -3.07. The third-order valence-electron chi connectivity index (χ3n) is 7.29. The van der Waals surface area contributed by atoms with Crippen molar-refractivity contribution < 1.29 is 50.1 Å². The van der Waals surface area contributed by atoms with Gasteiger partial charge >= 0.3 is 12.4 Å². The molecule has 252 valence electrons. The van der Waals surface area contributed by atoms with Gasteiger partial charge in [0.05, 0.1) is 41.3 Å². The molecule has 0 unspecified atom stereocenters. The average Bonchev–Trinajstić information content (AvgIpc) is 3.35. The lowest BCUT2D eigenvalue weighted by Crippen LogP contribution is -2.48. The van der Waals surface area contributed by atoms with Crippen LogP contribution in [-0.4, -0.2) is 57.7 Å². The molecule has 4 rings (SSSR count). The molecule has 46 heavy (non-hydrogen) atoms. The summed E-state index contributed by atoms with van der Waals surface area (Å²) in [5, 5.41) is 16.6. The number of hydrogen-bond donors (Lipinski definition) is 5. The fourth-order valence-corrected chi connectivity index (χ4v) is 6.70. The summed E-state index contributed by atoms with van der Waals surface area (Å²) in [6.45, 7) is 1.68. The Bertz CT molecular complexity index is 1460. The predicted molar refractivity (Wildman–Crippen MR) is 163 cm³/mol. The number of halogens is 6. The van der Waals surface area contributed by atoms with Gasteiger partial charge in [-0.3, -0.25) is 18.2 Å². The Morgan fingerprint density at radius 3 is 2.17 bits per heavy atom. The Morgan fingerprint density at radius 2 is 1.61 bits per heavy atom. The van der Waals surface area contributed by atoms with E-state index in [9.17, 15) is 45.3 Å². The fraction of sp³-hybridized carbons (Fsp3) is 0.387. The molecule has 1 aliphatic rings. The first-order valence-corrected chi connectivity index (χ1v) is 16.1. The molecule has 1 aliphatic heterocycles. The highest BCUT2D eigenvalue weighted by molar-refractivity contribution is 8.25. The van der Waals surface area contributed by atoms with Crippen LogP contribution in [0.2, 0.25) is 0 Å². The van der Waals surface area contributed by atoms with Crippen molar-refractivity contribution in [3.63, 3.8) is 0 Å². The number of rotatable bonds is 12. The molecule has 3 aromatic rings. The third-order valence-corrected chi connectivity index (χ3v) is 9.23. The first-order valence-electron chi connectivity index (χ1n) is 14.4. The minimum absolute atomic E-state index is 0.0435. The zero-order valence-electron chi connectivity index (χ0n) is 24.7. The number of alkyl halides is 6. The summed E-state index contributed by atoms with van der Waals surface area (Å²) in [5.41, 5.74) is -1.95. The van der Waals surface area contributed by atoms with Crippen molar-refractivity contribution >= 4 is 22.4 Å². The fourth-order valence-electron chi connectivity index (χ4n) is 5.10. The number of anilines is 1. The van der Waals surface area contributed by atoms with Crippen LogP contribution < -0.4 is 19.7 Å². The minimum atomic E-state index is -4.99. The third kappa shape index (κ3) is 9.28. The van der Waals surface area contributed by atoms with Crippen LogP contribution in [0.5, 0.6) is 5.75 Å². The van der Waals surface area contributed by atoms with Crippen molar-refractivity contribution in [3.05, 3.63) is 94.5 Å². The van der Waals surface area contributed by atoms with E-state index in [4.69, 9.17) is 4.74 Å². The molecular formula is C31H35F6N3O5S. The number of carbonyl (C=O) groups excluding carboxylic acids is 1. The molecule has 8 nitrogen and oxygen atoms in total. The maximum atomic E-state index is 13.5. The number of hydrogen-bond acceptors (Lipinski definition) is 7. The summed E-state index contributed by atoms with van der Waals surface area (Å²) in [4.78, 5) is 13.5. The van der Waals surface area contributed by atoms with Crippen LogP contribution in [0.1, 0.15) is 46.0 Å². The van der Waals surface area contributed by atoms with Crippen LogP contribution in [0.25, 0.3) is 0 Å². The van der Waals surface area contributed by atoms with Crippen LogP contribution in [0, 0.1) is 0 Å². The molecular weight excluding hydrogens is 640 g/mol. The Balaban J connectivity index is 1.54. The second-order valence-corrected chi connectivity index (χ2v) is 12.9. The lowest BCUT2D eigenvalue weighted by molar-refractivity contribution is -0.143. The molecule has 0 radical (unpaired) electrons. The molecule has 0 spiro atoms. The summed E-state index contributed by atoms with van der Waals surface area (Å²) >= 11 is 0. The number of aliphatic hydroxyl groups excluding tert-OH is 1. The van der Waals surface area contributed by atoms with Crippen LogP contribution in [0.3, 0.4) is 0 Å². The van der Waals surface area contributed by atoms with E-state index in [1.54, 1.807) is 43.3 Å². The van der Waals surface area contributed by atoms with E-state index in [0.29, 0.717) is 36.5 Å². The molecule has 3 aromatic carbocycles. The van der Waals surface area contributed by atoms with Crippen molar-refractivity contribution in [2.24, 2.45) is 0 Å². The maximum absolute atomic E-state index is 13.5. The topological polar surface area (TPSA) is 114 Å². The molecule has 15 heteroatoms. The van der Waals surface area contributed by atoms with Crippen molar-refractivity contribution in [3.8, 4) is 5.75 Å². The van der Waals surface area contributed by atoms with E-state index in [2.05, 4.69) is 10.6 Å². The number of nitrogens with one attached hydrogen (secondary N) is 2. The standard InChI is InChI=1S/C31H35F6N3O5S/c1-2-45-26-15-22(14-25(17-26)40-9-6-10-46(40,43)44)29(42)39-27(13-20-7-4-3-5-8-20)28(41)19-38-18-21-11-23(30(32,33)34)16-24(12-21)31(35,36)37/h3-5,7-8,11-12,14-17,27-28,38,41,43-44H,2,6,9-10,13,18-19H2,1H3,(H,39,42)/t27-,28-/m0/s1. The van der Waals surface area contributed by atoms with Crippen LogP contribution >= 0.6 is 10.8 Å². The molecule has 1 fully saturated rings. The monoisotopic (exact) mass is 675 g/mol. The summed E-state index contributed by atoms with van der Waals surface area (Å²) in [6.07, 6.45) is -10.6. The molecule has 0 aromatic heterocycles. The molecule has 0 aliphatic carbocycles. The van der Waals surface area contributed by atoms with Crippen molar-refractivity contribution in [1.82, 2.24) is 10.6 Å². The Morgan fingerprint density at radius 1 is 0.957 bits per heavy atom. The minimum Gasteiger partial charge on any atom is -0.494 e. The van der Waals surface area contributed by atoms with Gasteiger partial charge < -0.3 is 20.5 Å². The Hall–Kier alpha value is -3.50. The van der Waals surface area contributed by atoms with Gasteiger partial charge in [-0.15, -0.1) is 10.8 Å². The Labute approximate surface area is 263 Å². The average molecular weight is 676 g/mol. The van der Waals surface area contributed by atoms with E-state index in [1.807, 2.05) is 0 Å². The molecule has 0 bridgehead atoms. The maximum Gasteiger partial charge on any atom is 0.416 e. The number of carbonyl (C=O) groups is 1. The van der Waals surface area contributed by atoms with Gasteiger partial charge in [0.1, 0.15) is 5.75 Å². The van der Waals surface area contributed by atoms with E-state index in [1.165, 1.54) is 16.4 Å². The van der Waals surface area contributed by atoms with Crippen molar-refractivity contribution in [2.75, 3.05) is 29.8 Å². The van der Waals surface area contributed by atoms with E-state index in [0.717, 1.165) is 5.56 Å². The van der Waals surface area contributed by atoms with Gasteiger partial charge in [-0.2, -0.15) is 26.3 Å². The van der Waals surface area contributed by atoms with Crippen molar-refractivity contribution in [2.45, 2.75) is 50.8 Å². The predicted octanol–water partition coefficient (Wildman–Crippen LogP) is 6.49. The largest absolute Gasteiger partial charge is 0.494 e. The van der Waals surface area contributed by atoms with Gasteiger partial charge in [0.2, 0.25) is 0 Å². The number of nitrogens with zero attached hydrogens (tertiary/aromatic N) is 1. The van der Waals surface area contributed by atoms with E-state index < -0.39 is 58.9 Å². The second-order valence-electron chi connectivity index (χ2n) is 10.8. The smallest absolute Gasteiger partial charge is 0.416 e. The first kappa shape index (κ1) is 35.4. The number of aliphatic hydroxyl groups is 1. The zero-order valence-corrected chi connectivity index (χ0v) is 25.6. The number of ether oxygens (including phenoxy) is 1. The van der Waals surface area contributed by atoms with Gasteiger partial charge in [-0.1, -0.05) is 30.3 Å². The number of amides is 1. The van der Waals surface area contributed by atoms with Gasteiger partial charge in [-0.05, 0) is 61.2 Å². The SMILES string of the molecule is CCOc1cc(C(=O)N[C@@H](Cc2ccccc2)[C@@H](O)CNCc2cc(C(F)(F)F)cc(C(F)(F)F)c2)cc(N2CCCS2(O)O)c1. The van der Waals surface area contributed by atoms with Gasteiger partial charge in [0.25, 0.3) is 5.91 Å². The quantitative estimate of drug-likeness (QED) is 0.140. The lowest BCUT2D eigenvalue weighted by Gasteiger charge is -2.38. The van der Waals surface area contributed by atoms with Crippen LogP contribution in [-0.2, 0) is 25.3 Å². The highest BCUT2D eigenvalue weighted by atomic mass is 32.3. The molecule has 5 N–H and O–H groups in total. The zero-order chi connectivity index (χ0) is 33.7. The highest BCUT2D eigenvalue weighted by Gasteiger charge is 2.37. The molecule has 1 amide bonds. The van der Waals surface area contributed by atoms with Gasteiger partial charge in [0, 0.05) is 31.3 Å². The van der Waals surface area contributed by atoms with Crippen LogP contribution in [0.4, 0.5) is 32.0 Å². The molecule has 1 saturated heterocycles. The second kappa shape index (κ2) is 14.5. The van der Waals surface area contributed by atoms with Gasteiger partial charge in [-0.25, -0.2) is 0 Å². The Kier molecular flexibility index (Phi) is 11.2. The molecule has 1 heterocycles. The summed E-state index contributed by atoms with van der Waals surface area (Å²) in [6, 6.07) is 13.7. The highest BCUT2D eigenvalue weighted by Crippen LogP contribution is 2.51. The number of benzene rings is 3.